The molecule has 1 aromatic rings. The van der Waals surface area contributed by atoms with E-state index >= 15 is 0 Å². The fraction of sp³-hybridized carbons (Fsp3) is 0.455. The number of halogens is 3. The van der Waals surface area contributed by atoms with Crippen molar-refractivity contribution >= 4 is 10.0 Å². The van der Waals surface area contributed by atoms with Crippen molar-refractivity contribution in [2.75, 3.05) is 26.8 Å². The molecular weight excluding hydrogens is 299 g/mol. The zero-order valence-electron chi connectivity index (χ0n) is 10.6. The second kappa shape index (κ2) is 6.42. The number of sulfonamides is 1. The maximum atomic E-state index is 12.4. The highest BCUT2D eigenvalue weighted by Crippen LogP contribution is 2.24. The minimum absolute atomic E-state index is 0.182. The quantitative estimate of drug-likeness (QED) is 0.858. The summed E-state index contributed by atoms with van der Waals surface area (Å²) in [5.41, 5.74) is 0. The van der Waals surface area contributed by atoms with Gasteiger partial charge in [0.25, 0.3) is 0 Å². The number of nitrogens with zero attached hydrogens (tertiary/aromatic N) is 1. The van der Waals surface area contributed by atoms with Crippen molar-refractivity contribution < 1.29 is 31.4 Å². The zero-order chi connectivity index (χ0) is 15.4. The summed E-state index contributed by atoms with van der Waals surface area (Å²) in [6.45, 7) is -3.01. The van der Waals surface area contributed by atoms with Gasteiger partial charge in [0.15, 0.2) is 0 Å². The van der Waals surface area contributed by atoms with E-state index in [4.69, 9.17) is 9.84 Å². The van der Waals surface area contributed by atoms with Gasteiger partial charge in [-0.05, 0) is 12.1 Å². The van der Waals surface area contributed by atoms with Crippen molar-refractivity contribution in [3.63, 3.8) is 0 Å². The molecule has 0 fully saturated rings. The van der Waals surface area contributed by atoms with Crippen LogP contribution in [0.3, 0.4) is 0 Å². The average molecular weight is 313 g/mol. The first-order chi connectivity index (χ1) is 9.20. The van der Waals surface area contributed by atoms with Gasteiger partial charge in [0, 0.05) is 12.6 Å². The molecule has 0 heterocycles. The van der Waals surface area contributed by atoms with Crippen LogP contribution in [0.25, 0.3) is 0 Å². The summed E-state index contributed by atoms with van der Waals surface area (Å²) >= 11 is 0. The second-order valence-electron chi connectivity index (χ2n) is 3.86. The summed E-state index contributed by atoms with van der Waals surface area (Å²) in [6.07, 6.45) is -4.69. The van der Waals surface area contributed by atoms with E-state index in [2.05, 4.69) is 0 Å². The van der Waals surface area contributed by atoms with Gasteiger partial charge in [-0.1, -0.05) is 6.07 Å². The molecule has 0 aliphatic carbocycles. The minimum atomic E-state index is -4.69. The van der Waals surface area contributed by atoms with Gasteiger partial charge in [0.1, 0.15) is 12.3 Å². The summed E-state index contributed by atoms with van der Waals surface area (Å²) < 4.78 is 66.5. The Hall–Kier alpha value is -1.32. The lowest BCUT2D eigenvalue weighted by Gasteiger charge is -2.22. The zero-order valence-corrected chi connectivity index (χ0v) is 11.4. The molecule has 0 atom stereocenters. The average Bonchev–Trinajstić information content (AvgIpc) is 2.37. The molecule has 0 aliphatic rings. The number of hydrogen-bond acceptors (Lipinski definition) is 4. The molecule has 0 saturated heterocycles. The van der Waals surface area contributed by atoms with Gasteiger partial charge in [-0.2, -0.15) is 17.5 Å². The standard InChI is InChI=1S/C11H14F3NO4S/c1-19-9-3-2-4-10(7-9)20(17,18)15(5-6-16)8-11(12,13)14/h2-4,7,16H,5-6,8H2,1H3. The number of aliphatic hydroxyl groups excluding tert-OH is 1. The van der Waals surface area contributed by atoms with Crippen LogP contribution in [0.15, 0.2) is 29.2 Å². The highest BCUT2D eigenvalue weighted by molar-refractivity contribution is 7.89. The number of rotatable bonds is 6. The van der Waals surface area contributed by atoms with Crippen LogP contribution in [-0.2, 0) is 10.0 Å². The molecule has 0 amide bonds. The summed E-state index contributed by atoms with van der Waals surface area (Å²) in [4.78, 5) is -0.324. The van der Waals surface area contributed by atoms with Crippen molar-refractivity contribution in [3.05, 3.63) is 24.3 Å². The summed E-state index contributed by atoms with van der Waals surface area (Å²) in [7, 11) is -3.04. The molecule has 5 nitrogen and oxygen atoms in total. The van der Waals surface area contributed by atoms with Gasteiger partial charge in [-0.25, -0.2) is 8.42 Å². The van der Waals surface area contributed by atoms with E-state index in [1.165, 1.54) is 25.3 Å². The van der Waals surface area contributed by atoms with Crippen LogP contribution in [0, 0.1) is 0 Å². The van der Waals surface area contributed by atoms with E-state index in [9.17, 15) is 21.6 Å². The fourth-order valence-corrected chi connectivity index (χ4v) is 2.96. The number of alkyl halides is 3. The molecule has 0 spiro atoms. The molecule has 1 rings (SSSR count). The number of hydrogen-bond donors (Lipinski definition) is 1. The third kappa shape index (κ3) is 4.36. The Morgan fingerprint density at radius 2 is 2.00 bits per heavy atom. The third-order valence-electron chi connectivity index (χ3n) is 2.38. The predicted molar refractivity (Wildman–Crippen MR) is 64.9 cm³/mol. The lowest BCUT2D eigenvalue weighted by molar-refractivity contribution is -0.136. The number of benzene rings is 1. The van der Waals surface area contributed by atoms with E-state index in [1.54, 1.807) is 0 Å². The lowest BCUT2D eigenvalue weighted by atomic mass is 10.3. The Balaban J connectivity index is 3.15. The first-order valence-corrected chi connectivity index (χ1v) is 6.96. The first kappa shape index (κ1) is 16.7. The van der Waals surface area contributed by atoms with Crippen LogP contribution in [0.5, 0.6) is 5.75 Å². The molecule has 1 aromatic carbocycles. The van der Waals surface area contributed by atoms with Gasteiger partial charge in [-0.3, -0.25) is 0 Å². The second-order valence-corrected chi connectivity index (χ2v) is 5.79. The van der Waals surface area contributed by atoms with Crippen molar-refractivity contribution in [2.24, 2.45) is 0 Å². The highest BCUT2D eigenvalue weighted by atomic mass is 32.2. The largest absolute Gasteiger partial charge is 0.497 e. The Bertz CT molecular complexity index is 545. The molecule has 9 heteroatoms. The van der Waals surface area contributed by atoms with Crippen molar-refractivity contribution in [1.82, 2.24) is 4.31 Å². The number of aliphatic hydroxyl groups is 1. The Labute approximate surface area is 114 Å². The van der Waals surface area contributed by atoms with Gasteiger partial charge >= 0.3 is 6.18 Å². The van der Waals surface area contributed by atoms with Crippen molar-refractivity contribution in [3.8, 4) is 5.75 Å². The maximum Gasteiger partial charge on any atom is 0.402 e. The molecule has 0 aliphatic heterocycles. The SMILES string of the molecule is COc1cccc(S(=O)(=O)N(CCO)CC(F)(F)F)c1. The van der Waals surface area contributed by atoms with Crippen LogP contribution in [0.2, 0.25) is 0 Å². The Morgan fingerprint density at radius 3 is 2.50 bits per heavy atom. The minimum Gasteiger partial charge on any atom is -0.497 e. The van der Waals surface area contributed by atoms with Gasteiger partial charge in [-0.15, -0.1) is 0 Å². The van der Waals surface area contributed by atoms with Crippen LogP contribution in [-0.4, -0.2) is 50.8 Å². The molecule has 0 saturated carbocycles. The predicted octanol–water partition coefficient (Wildman–Crippen LogP) is 1.24. The van der Waals surface area contributed by atoms with Crippen LogP contribution < -0.4 is 4.74 Å². The molecule has 0 aromatic heterocycles. The first-order valence-electron chi connectivity index (χ1n) is 5.52. The van der Waals surface area contributed by atoms with Crippen LogP contribution >= 0.6 is 0 Å². The summed E-state index contributed by atoms with van der Waals surface area (Å²) in [6, 6.07) is 5.12. The van der Waals surface area contributed by atoms with E-state index in [-0.39, 0.29) is 15.0 Å². The molecule has 20 heavy (non-hydrogen) atoms. The highest BCUT2D eigenvalue weighted by Gasteiger charge is 2.36. The van der Waals surface area contributed by atoms with Gasteiger partial charge in [0.05, 0.1) is 18.6 Å². The van der Waals surface area contributed by atoms with Gasteiger partial charge in [0.2, 0.25) is 10.0 Å². The molecule has 114 valence electrons. The van der Waals surface area contributed by atoms with Crippen LogP contribution in [0.1, 0.15) is 0 Å². The normalized spacial score (nSPS) is 12.7. The number of methoxy groups -OCH3 is 1. The van der Waals surface area contributed by atoms with Gasteiger partial charge < -0.3 is 9.84 Å². The topological polar surface area (TPSA) is 66.8 Å². The van der Waals surface area contributed by atoms with Crippen molar-refractivity contribution in [2.45, 2.75) is 11.1 Å². The lowest BCUT2D eigenvalue weighted by Crippen LogP contribution is -2.40. The molecule has 0 radical (unpaired) electrons. The Kier molecular flexibility index (Phi) is 5.37. The van der Waals surface area contributed by atoms with Crippen LogP contribution in [0.4, 0.5) is 13.2 Å². The molecular formula is C11H14F3NO4S. The summed E-state index contributed by atoms with van der Waals surface area (Å²) in [5.74, 6) is 0.210. The maximum absolute atomic E-state index is 12.4. The molecule has 0 bridgehead atoms. The number of ether oxygens (including phenoxy) is 1. The van der Waals surface area contributed by atoms with Crippen molar-refractivity contribution in [1.29, 1.82) is 0 Å². The van der Waals surface area contributed by atoms with E-state index in [0.29, 0.717) is 0 Å². The fourth-order valence-electron chi connectivity index (χ4n) is 1.51. The van der Waals surface area contributed by atoms with E-state index in [0.717, 1.165) is 6.07 Å². The Morgan fingerprint density at radius 1 is 1.35 bits per heavy atom. The summed E-state index contributed by atoms with van der Waals surface area (Å²) in [5, 5.41) is 8.75. The molecule has 0 unspecified atom stereocenters. The third-order valence-corrected chi connectivity index (χ3v) is 4.23. The molecule has 1 N–H and O–H groups in total. The van der Waals surface area contributed by atoms with E-state index in [1.807, 2.05) is 0 Å². The monoisotopic (exact) mass is 313 g/mol. The smallest absolute Gasteiger partial charge is 0.402 e. The van der Waals surface area contributed by atoms with E-state index < -0.39 is 35.9 Å².